The van der Waals surface area contributed by atoms with Crippen LogP contribution < -0.4 is 4.90 Å². The molecule has 0 saturated carbocycles. The Labute approximate surface area is 212 Å². The number of aromatic nitrogens is 1. The molecule has 0 atom stereocenters. The second-order valence-corrected chi connectivity index (χ2v) is 11.4. The molecule has 0 saturated heterocycles. The van der Waals surface area contributed by atoms with E-state index in [1.54, 1.807) is 17.0 Å². The molecular weight excluding hydrogens is 492 g/mol. The standard InChI is InChI=1S/C24H32N4O3S2.ClH/c1-7-27(8-2)13-14-28(24-25-21-16-17(3)15-18(4)22(21)32-24)23(29)19-9-11-20(12-10-19)33(30,31)26(5)6;/h9-12,15-16H,7-8,13-14H2,1-6H3;1H. The molecule has 0 aliphatic carbocycles. The number of fused-ring (bicyclic) bond motifs is 1. The van der Waals surface area contributed by atoms with E-state index in [0.717, 1.165) is 45.3 Å². The van der Waals surface area contributed by atoms with E-state index >= 15 is 0 Å². The number of amides is 1. The van der Waals surface area contributed by atoms with E-state index < -0.39 is 10.0 Å². The highest BCUT2D eigenvalue weighted by atomic mass is 35.5. The van der Waals surface area contributed by atoms with E-state index in [2.05, 4.69) is 31.7 Å². The fraction of sp³-hybridized carbons (Fsp3) is 0.417. The third-order valence-electron chi connectivity index (χ3n) is 5.70. The predicted octanol–water partition coefficient (Wildman–Crippen LogP) is 4.57. The van der Waals surface area contributed by atoms with Gasteiger partial charge in [-0.2, -0.15) is 0 Å². The summed E-state index contributed by atoms with van der Waals surface area (Å²) in [5.74, 6) is -0.190. The SMILES string of the molecule is CCN(CC)CCN(C(=O)c1ccc(S(=O)(=O)N(C)C)cc1)c1nc2cc(C)cc(C)c2s1.Cl. The van der Waals surface area contributed by atoms with Crippen LogP contribution in [0.3, 0.4) is 0 Å². The Morgan fingerprint density at radius 1 is 1.00 bits per heavy atom. The molecule has 186 valence electrons. The molecule has 3 rings (SSSR count). The largest absolute Gasteiger partial charge is 0.302 e. The van der Waals surface area contributed by atoms with Crippen molar-refractivity contribution in [2.75, 3.05) is 45.2 Å². The van der Waals surface area contributed by atoms with Gasteiger partial charge in [-0.25, -0.2) is 17.7 Å². The zero-order valence-corrected chi connectivity index (χ0v) is 23.0. The van der Waals surface area contributed by atoms with Crippen LogP contribution in [0.1, 0.15) is 35.3 Å². The van der Waals surface area contributed by atoms with Gasteiger partial charge in [-0.05, 0) is 68.4 Å². The lowest BCUT2D eigenvalue weighted by Gasteiger charge is -2.25. The first kappa shape index (κ1) is 28.2. The number of carbonyl (C=O) groups is 1. The first-order valence-electron chi connectivity index (χ1n) is 11.0. The van der Waals surface area contributed by atoms with Crippen LogP contribution in [0.2, 0.25) is 0 Å². The Kier molecular flexibility index (Phi) is 9.62. The Balaban J connectivity index is 0.00000408. The molecule has 1 heterocycles. The number of carbonyl (C=O) groups excluding carboxylic acids is 1. The second-order valence-electron chi connectivity index (χ2n) is 8.22. The third-order valence-corrected chi connectivity index (χ3v) is 8.76. The number of thiazole rings is 1. The highest BCUT2D eigenvalue weighted by Crippen LogP contribution is 2.33. The summed E-state index contributed by atoms with van der Waals surface area (Å²) < 4.78 is 27.0. The fourth-order valence-corrected chi connectivity index (χ4v) is 5.62. The molecule has 34 heavy (non-hydrogen) atoms. The van der Waals surface area contributed by atoms with Crippen molar-refractivity contribution >= 4 is 55.0 Å². The van der Waals surface area contributed by atoms with Gasteiger partial charge in [0.1, 0.15) is 0 Å². The number of benzene rings is 2. The molecule has 0 fully saturated rings. The summed E-state index contributed by atoms with van der Waals surface area (Å²) in [4.78, 5) is 22.5. The minimum Gasteiger partial charge on any atom is -0.302 e. The Morgan fingerprint density at radius 2 is 1.62 bits per heavy atom. The minimum atomic E-state index is -3.55. The number of anilines is 1. The van der Waals surface area contributed by atoms with Crippen molar-refractivity contribution in [1.82, 2.24) is 14.2 Å². The maximum Gasteiger partial charge on any atom is 0.260 e. The average molecular weight is 525 g/mol. The van der Waals surface area contributed by atoms with Crippen molar-refractivity contribution in [1.29, 1.82) is 0 Å². The van der Waals surface area contributed by atoms with Gasteiger partial charge in [0.2, 0.25) is 10.0 Å². The highest BCUT2D eigenvalue weighted by Gasteiger charge is 2.24. The lowest BCUT2D eigenvalue weighted by molar-refractivity contribution is 0.0983. The van der Waals surface area contributed by atoms with E-state index in [1.165, 1.54) is 37.6 Å². The van der Waals surface area contributed by atoms with E-state index in [1.807, 2.05) is 13.0 Å². The quantitative estimate of drug-likeness (QED) is 0.410. The number of hydrogen-bond acceptors (Lipinski definition) is 6. The number of likely N-dealkylation sites (N-methyl/N-ethyl adjacent to an activating group) is 1. The second kappa shape index (κ2) is 11.6. The van der Waals surface area contributed by atoms with Crippen LogP contribution in [0.4, 0.5) is 5.13 Å². The monoisotopic (exact) mass is 524 g/mol. The van der Waals surface area contributed by atoms with E-state index in [4.69, 9.17) is 4.98 Å². The van der Waals surface area contributed by atoms with Crippen LogP contribution in [0.15, 0.2) is 41.3 Å². The summed E-state index contributed by atoms with van der Waals surface area (Å²) in [6.45, 7) is 11.3. The molecule has 0 unspecified atom stereocenters. The maximum atomic E-state index is 13.6. The van der Waals surface area contributed by atoms with Gasteiger partial charge in [0.25, 0.3) is 5.91 Å². The molecule has 3 aromatic rings. The number of rotatable bonds is 9. The van der Waals surface area contributed by atoms with E-state index in [9.17, 15) is 13.2 Å². The lowest BCUT2D eigenvalue weighted by atomic mass is 10.1. The van der Waals surface area contributed by atoms with Crippen molar-refractivity contribution in [2.45, 2.75) is 32.6 Å². The van der Waals surface area contributed by atoms with Crippen LogP contribution in [-0.4, -0.2) is 68.8 Å². The number of nitrogens with zero attached hydrogens (tertiary/aromatic N) is 4. The molecular formula is C24H33ClN4O3S2. The maximum absolute atomic E-state index is 13.6. The van der Waals surface area contributed by atoms with Crippen molar-refractivity contribution in [3.63, 3.8) is 0 Å². The van der Waals surface area contributed by atoms with Gasteiger partial charge in [0.15, 0.2) is 5.13 Å². The molecule has 0 N–H and O–H groups in total. The van der Waals surface area contributed by atoms with Crippen LogP contribution >= 0.6 is 23.7 Å². The Hall–Kier alpha value is -2.04. The molecule has 0 aliphatic rings. The fourth-order valence-electron chi connectivity index (χ4n) is 3.68. The first-order chi connectivity index (χ1) is 15.6. The number of sulfonamides is 1. The van der Waals surface area contributed by atoms with Gasteiger partial charge in [-0.1, -0.05) is 31.3 Å². The molecule has 7 nitrogen and oxygen atoms in total. The topological polar surface area (TPSA) is 73.8 Å². The zero-order chi connectivity index (χ0) is 24.3. The highest BCUT2D eigenvalue weighted by molar-refractivity contribution is 7.89. The van der Waals surface area contributed by atoms with Gasteiger partial charge in [0, 0.05) is 32.7 Å². The Morgan fingerprint density at radius 3 is 2.18 bits per heavy atom. The molecule has 1 aromatic heterocycles. The number of hydrogen-bond donors (Lipinski definition) is 0. The van der Waals surface area contributed by atoms with Crippen LogP contribution in [0.25, 0.3) is 10.2 Å². The molecule has 0 aliphatic heterocycles. The van der Waals surface area contributed by atoms with Crippen LogP contribution in [0.5, 0.6) is 0 Å². The van der Waals surface area contributed by atoms with Crippen molar-refractivity contribution in [3.8, 4) is 0 Å². The average Bonchev–Trinajstić information content (AvgIpc) is 3.20. The number of aryl methyl sites for hydroxylation is 2. The van der Waals surface area contributed by atoms with Gasteiger partial charge in [0.05, 0.1) is 15.1 Å². The van der Waals surface area contributed by atoms with E-state index in [0.29, 0.717) is 17.2 Å². The summed E-state index contributed by atoms with van der Waals surface area (Å²) in [5, 5.41) is 0.654. The van der Waals surface area contributed by atoms with Gasteiger partial charge in [-0.3, -0.25) is 9.69 Å². The Bertz CT molecular complexity index is 1240. The minimum absolute atomic E-state index is 0. The summed E-state index contributed by atoms with van der Waals surface area (Å²) in [7, 11) is -0.582. The summed E-state index contributed by atoms with van der Waals surface area (Å²) in [6, 6.07) is 10.3. The number of halogens is 1. The van der Waals surface area contributed by atoms with E-state index in [-0.39, 0.29) is 23.2 Å². The molecule has 0 radical (unpaired) electrons. The summed E-state index contributed by atoms with van der Waals surface area (Å²) >= 11 is 1.51. The van der Waals surface area contributed by atoms with Gasteiger partial charge < -0.3 is 4.90 Å². The van der Waals surface area contributed by atoms with Crippen LogP contribution in [-0.2, 0) is 10.0 Å². The van der Waals surface area contributed by atoms with Crippen molar-refractivity contribution in [2.24, 2.45) is 0 Å². The van der Waals surface area contributed by atoms with Crippen molar-refractivity contribution < 1.29 is 13.2 Å². The lowest BCUT2D eigenvalue weighted by Crippen LogP contribution is -2.38. The zero-order valence-electron chi connectivity index (χ0n) is 20.5. The predicted molar refractivity (Wildman–Crippen MR) is 143 cm³/mol. The molecule has 2 aromatic carbocycles. The molecule has 10 heteroatoms. The normalized spacial score (nSPS) is 11.8. The van der Waals surface area contributed by atoms with Gasteiger partial charge >= 0.3 is 0 Å². The third kappa shape index (κ3) is 5.95. The van der Waals surface area contributed by atoms with Gasteiger partial charge in [-0.15, -0.1) is 12.4 Å². The molecule has 0 bridgehead atoms. The first-order valence-corrected chi connectivity index (χ1v) is 13.3. The van der Waals surface area contributed by atoms with Crippen molar-refractivity contribution in [3.05, 3.63) is 53.1 Å². The molecule has 0 spiro atoms. The summed E-state index contributed by atoms with van der Waals surface area (Å²) in [6.07, 6.45) is 0. The molecule has 1 amide bonds. The van der Waals surface area contributed by atoms with Crippen LogP contribution in [0, 0.1) is 13.8 Å². The summed E-state index contributed by atoms with van der Waals surface area (Å²) in [5.41, 5.74) is 3.60. The smallest absolute Gasteiger partial charge is 0.260 e.